The summed E-state index contributed by atoms with van der Waals surface area (Å²) < 4.78 is 5.08. The molecule has 9 heteroatoms. The van der Waals surface area contributed by atoms with E-state index in [1.165, 1.54) is 19.1 Å². The molecule has 1 heterocycles. The quantitative estimate of drug-likeness (QED) is 0.715. The minimum Gasteiger partial charge on any atom is -0.452 e. The van der Waals surface area contributed by atoms with Crippen LogP contribution in [0.5, 0.6) is 0 Å². The number of carbonyl (C=O) groups excluding carboxylic acids is 2. The normalized spacial score (nSPS) is 11.1. The molecule has 1 aromatic heterocycles. The van der Waals surface area contributed by atoms with Crippen molar-refractivity contribution < 1.29 is 14.3 Å². The third-order valence-corrected chi connectivity index (χ3v) is 3.53. The fraction of sp³-hybridized carbons (Fsp3) is 0.235. The Labute approximate surface area is 155 Å². The Hall–Kier alpha value is -3.18. The number of benzene rings is 1. The number of hydrogen-bond acceptors (Lipinski definition) is 7. The largest absolute Gasteiger partial charge is 0.452 e. The van der Waals surface area contributed by atoms with Crippen molar-refractivity contribution in [3.05, 3.63) is 47.2 Å². The predicted octanol–water partition coefficient (Wildman–Crippen LogP) is 2.37. The monoisotopic (exact) mass is 373 g/mol. The van der Waals surface area contributed by atoms with Gasteiger partial charge in [-0.25, -0.2) is 9.97 Å². The number of anilines is 2. The Kier molecular flexibility index (Phi) is 6.88. The van der Waals surface area contributed by atoms with E-state index < -0.39 is 18.0 Å². The number of ether oxygens (including phenoxy) is 1. The smallest absolute Gasteiger partial charge is 0.308 e. The molecule has 1 aromatic carbocycles. The number of carbonyl (C=O) groups is 2. The van der Waals surface area contributed by atoms with Crippen LogP contribution in [0, 0.1) is 11.3 Å². The molecule has 2 N–H and O–H groups in total. The second-order valence-corrected chi connectivity index (χ2v) is 5.58. The van der Waals surface area contributed by atoms with Crippen LogP contribution in [0.15, 0.2) is 36.7 Å². The molecule has 0 aliphatic carbocycles. The number of esters is 1. The first kappa shape index (κ1) is 19.1. The summed E-state index contributed by atoms with van der Waals surface area (Å²) in [5.41, 5.74) is 0.712. The molecule has 0 saturated carbocycles. The average molecular weight is 374 g/mol. The van der Waals surface area contributed by atoms with Crippen molar-refractivity contribution in [2.45, 2.75) is 19.4 Å². The van der Waals surface area contributed by atoms with Crippen molar-refractivity contribution in [2.75, 3.05) is 17.2 Å². The summed E-state index contributed by atoms with van der Waals surface area (Å²) in [5.74, 6) is -0.629. The molecular weight excluding hydrogens is 358 g/mol. The number of halogens is 1. The van der Waals surface area contributed by atoms with Crippen LogP contribution in [0.2, 0.25) is 5.02 Å². The molecule has 0 saturated heterocycles. The van der Waals surface area contributed by atoms with E-state index >= 15 is 0 Å². The van der Waals surface area contributed by atoms with Crippen molar-refractivity contribution in [2.24, 2.45) is 0 Å². The number of hydrogen-bond donors (Lipinski definition) is 2. The zero-order valence-corrected chi connectivity index (χ0v) is 14.7. The standard InChI is InChI=1S/C17H16ClN5O3/c1-11(16(25)23-13-4-3-12(10-19)14(18)9-13)26-15(24)5-8-22-17-20-6-2-7-21-17/h2-4,6-7,9,11H,5,8H2,1H3,(H,23,25)(H,20,21,22). The van der Waals surface area contributed by atoms with Crippen molar-refractivity contribution in [3.63, 3.8) is 0 Å². The van der Waals surface area contributed by atoms with Gasteiger partial charge in [0.05, 0.1) is 17.0 Å². The van der Waals surface area contributed by atoms with E-state index in [9.17, 15) is 9.59 Å². The lowest BCUT2D eigenvalue weighted by molar-refractivity contribution is -0.152. The number of aromatic nitrogens is 2. The van der Waals surface area contributed by atoms with Gasteiger partial charge in [-0.2, -0.15) is 5.26 Å². The van der Waals surface area contributed by atoms with Crippen LogP contribution in [0.25, 0.3) is 0 Å². The van der Waals surface area contributed by atoms with Crippen LogP contribution in [0.1, 0.15) is 18.9 Å². The highest BCUT2D eigenvalue weighted by molar-refractivity contribution is 6.32. The zero-order chi connectivity index (χ0) is 18.9. The molecule has 2 aromatic rings. The Bertz CT molecular complexity index is 823. The van der Waals surface area contributed by atoms with Crippen LogP contribution in [0.4, 0.5) is 11.6 Å². The molecule has 0 bridgehead atoms. The van der Waals surface area contributed by atoms with Gasteiger partial charge in [-0.15, -0.1) is 0 Å². The molecule has 134 valence electrons. The summed E-state index contributed by atoms with van der Waals surface area (Å²) >= 11 is 5.91. The van der Waals surface area contributed by atoms with Gasteiger partial charge in [0.25, 0.3) is 5.91 Å². The van der Waals surface area contributed by atoms with Gasteiger partial charge in [0.15, 0.2) is 6.10 Å². The lowest BCUT2D eigenvalue weighted by Gasteiger charge is -2.14. The lowest BCUT2D eigenvalue weighted by Crippen LogP contribution is -2.30. The number of amides is 1. The number of nitrogens with zero attached hydrogens (tertiary/aromatic N) is 3. The average Bonchev–Trinajstić information content (AvgIpc) is 2.62. The zero-order valence-electron chi connectivity index (χ0n) is 13.9. The molecule has 0 aliphatic heterocycles. The van der Waals surface area contributed by atoms with Gasteiger partial charge in [0, 0.05) is 24.6 Å². The van der Waals surface area contributed by atoms with E-state index in [1.54, 1.807) is 24.5 Å². The van der Waals surface area contributed by atoms with E-state index in [-0.39, 0.29) is 18.0 Å². The van der Waals surface area contributed by atoms with Gasteiger partial charge in [0.1, 0.15) is 6.07 Å². The molecule has 0 spiro atoms. The fourth-order valence-electron chi connectivity index (χ4n) is 1.90. The first-order valence-electron chi connectivity index (χ1n) is 7.70. The SMILES string of the molecule is CC(OC(=O)CCNc1ncccn1)C(=O)Nc1ccc(C#N)c(Cl)c1. The summed E-state index contributed by atoms with van der Waals surface area (Å²) in [7, 11) is 0. The second-order valence-electron chi connectivity index (χ2n) is 5.18. The van der Waals surface area contributed by atoms with Gasteiger partial charge in [0.2, 0.25) is 5.95 Å². The molecule has 0 radical (unpaired) electrons. The van der Waals surface area contributed by atoms with Crippen LogP contribution in [-0.2, 0) is 14.3 Å². The highest BCUT2D eigenvalue weighted by Gasteiger charge is 2.18. The van der Waals surface area contributed by atoms with Crippen molar-refractivity contribution >= 4 is 35.1 Å². The van der Waals surface area contributed by atoms with E-state index in [0.717, 1.165) is 0 Å². The van der Waals surface area contributed by atoms with Crippen molar-refractivity contribution in [1.29, 1.82) is 5.26 Å². The molecular formula is C17H16ClN5O3. The van der Waals surface area contributed by atoms with Gasteiger partial charge in [-0.05, 0) is 31.2 Å². The van der Waals surface area contributed by atoms with Crippen LogP contribution >= 0.6 is 11.6 Å². The Morgan fingerprint density at radius 1 is 1.35 bits per heavy atom. The van der Waals surface area contributed by atoms with Gasteiger partial charge in [-0.3, -0.25) is 9.59 Å². The number of nitriles is 1. The summed E-state index contributed by atoms with van der Waals surface area (Å²) in [5, 5.41) is 14.5. The van der Waals surface area contributed by atoms with Crippen LogP contribution < -0.4 is 10.6 Å². The van der Waals surface area contributed by atoms with Crippen LogP contribution in [-0.4, -0.2) is 34.5 Å². The van der Waals surface area contributed by atoms with Gasteiger partial charge in [-0.1, -0.05) is 11.6 Å². The highest BCUT2D eigenvalue weighted by Crippen LogP contribution is 2.20. The topological polar surface area (TPSA) is 117 Å². The fourth-order valence-corrected chi connectivity index (χ4v) is 2.13. The minimum absolute atomic E-state index is 0.0541. The summed E-state index contributed by atoms with van der Waals surface area (Å²) in [6.07, 6.45) is 2.23. The highest BCUT2D eigenvalue weighted by atomic mass is 35.5. The first-order valence-corrected chi connectivity index (χ1v) is 8.08. The van der Waals surface area contributed by atoms with Crippen LogP contribution in [0.3, 0.4) is 0 Å². The maximum absolute atomic E-state index is 12.1. The number of rotatable bonds is 7. The molecule has 1 amide bonds. The van der Waals surface area contributed by atoms with Gasteiger partial charge < -0.3 is 15.4 Å². The lowest BCUT2D eigenvalue weighted by atomic mass is 10.2. The van der Waals surface area contributed by atoms with E-state index in [0.29, 0.717) is 17.2 Å². The molecule has 2 rings (SSSR count). The molecule has 1 atom stereocenters. The van der Waals surface area contributed by atoms with E-state index in [1.807, 2.05) is 6.07 Å². The molecule has 8 nitrogen and oxygen atoms in total. The van der Waals surface area contributed by atoms with E-state index in [4.69, 9.17) is 21.6 Å². The summed E-state index contributed by atoms with van der Waals surface area (Å²) in [4.78, 5) is 31.8. The Balaban J connectivity index is 1.78. The maximum Gasteiger partial charge on any atom is 0.308 e. The molecule has 0 aliphatic rings. The first-order chi connectivity index (χ1) is 12.5. The Morgan fingerprint density at radius 3 is 2.73 bits per heavy atom. The third-order valence-electron chi connectivity index (χ3n) is 3.21. The second kappa shape index (κ2) is 9.34. The molecule has 26 heavy (non-hydrogen) atoms. The van der Waals surface area contributed by atoms with Crippen molar-refractivity contribution in [3.8, 4) is 6.07 Å². The van der Waals surface area contributed by atoms with Crippen molar-refractivity contribution in [1.82, 2.24) is 9.97 Å². The number of nitrogens with one attached hydrogen (secondary N) is 2. The molecule has 0 fully saturated rings. The summed E-state index contributed by atoms with van der Waals surface area (Å²) in [6.45, 7) is 1.74. The van der Waals surface area contributed by atoms with E-state index in [2.05, 4.69) is 20.6 Å². The summed E-state index contributed by atoms with van der Waals surface area (Å²) in [6, 6.07) is 8.10. The molecule has 1 unspecified atom stereocenters. The third kappa shape index (κ3) is 5.72. The predicted molar refractivity (Wildman–Crippen MR) is 95.5 cm³/mol. The maximum atomic E-state index is 12.1. The minimum atomic E-state index is -0.982. The van der Waals surface area contributed by atoms with Gasteiger partial charge >= 0.3 is 5.97 Å². The Morgan fingerprint density at radius 2 is 2.08 bits per heavy atom.